The number of aromatic nitrogens is 2. The van der Waals surface area contributed by atoms with Crippen molar-refractivity contribution in [2.75, 3.05) is 5.32 Å². The van der Waals surface area contributed by atoms with Crippen molar-refractivity contribution in [2.45, 2.75) is 13.0 Å². The number of benzene rings is 2. The Labute approximate surface area is 134 Å². The monoisotopic (exact) mass is 307 g/mol. The number of para-hydroxylation sites is 1. The van der Waals surface area contributed by atoms with Crippen molar-refractivity contribution in [2.24, 2.45) is 0 Å². The summed E-state index contributed by atoms with van der Waals surface area (Å²) < 4.78 is 7.44. The van der Waals surface area contributed by atoms with Crippen molar-refractivity contribution in [1.82, 2.24) is 9.78 Å². The number of amides is 1. The zero-order valence-corrected chi connectivity index (χ0v) is 12.6. The zero-order chi connectivity index (χ0) is 15.9. The number of nitrogens with zero attached hydrogens (tertiary/aromatic N) is 2. The number of rotatable bonds is 6. The van der Waals surface area contributed by atoms with E-state index in [1.165, 1.54) is 0 Å². The molecule has 0 aliphatic heterocycles. The van der Waals surface area contributed by atoms with E-state index in [1.807, 2.05) is 66.9 Å². The van der Waals surface area contributed by atoms with E-state index in [-0.39, 0.29) is 5.91 Å². The van der Waals surface area contributed by atoms with Crippen molar-refractivity contribution in [3.05, 3.63) is 73.1 Å². The van der Waals surface area contributed by atoms with E-state index >= 15 is 0 Å². The van der Waals surface area contributed by atoms with E-state index in [1.54, 1.807) is 10.9 Å². The fraction of sp³-hybridized carbons (Fsp3) is 0.111. The Bertz CT molecular complexity index is 738. The predicted molar refractivity (Wildman–Crippen MR) is 88.4 cm³/mol. The molecule has 1 heterocycles. The summed E-state index contributed by atoms with van der Waals surface area (Å²) in [5.74, 6) is 1.46. The van der Waals surface area contributed by atoms with Crippen LogP contribution >= 0.6 is 0 Å². The van der Waals surface area contributed by atoms with Gasteiger partial charge < -0.3 is 10.1 Å². The Morgan fingerprint density at radius 3 is 2.43 bits per heavy atom. The highest BCUT2D eigenvalue weighted by Gasteiger charge is 2.04. The zero-order valence-electron chi connectivity index (χ0n) is 12.6. The molecule has 0 saturated heterocycles. The van der Waals surface area contributed by atoms with E-state index in [0.717, 1.165) is 17.2 Å². The van der Waals surface area contributed by atoms with E-state index in [9.17, 15) is 4.79 Å². The number of aryl methyl sites for hydroxylation is 1. The van der Waals surface area contributed by atoms with Gasteiger partial charge in [0.15, 0.2) is 0 Å². The smallest absolute Gasteiger partial charge is 0.226 e. The molecule has 0 atom stereocenters. The van der Waals surface area contributed by atoms with E-state index in [4.69, 9.17) is 4.74 Å². The van der Waals surface area contributed by atoms with Gasteiger partial charge in [-0.1, -0.05) is 18.2 Å². The van der Waals surface area contributed by atoms with E-state index in [0.29, 0.717) is 13.0 Å². The lowest BCUT2D eigenvalue weighted by molar-refractivity contribution is -0.116. The van der Waals surface area contributed by atoms with Crippen molar-refractivity contribution < 1.29 is 9.53 Å². The van der Waals surface area contributed by atoms with Gasteiger partial charge in [-0.2, -0.15) is 5.10 Å². The van der Waals surface area contributed by atoms with Crippen LogP contribution in [-0.4, -0.2) is 15.7 Å². The quantitative estimate of drug-likeness (QED) is 0.755. The van der Waals surface area contributed by atoms with Gasteiger partial charge in [0.2, 0.25) is 5.91 Å². The number of hydrogen-bond acceptors (Lipinski definition) is 3. The van der Waals surface area contributed by atoms with Crippen molar-refractivity contribution in [3.63, 3.8) is 0 Å². The van der Waals surface area contributed by atoms with Crippen LogP contribution in [0.25, 0.3) is 0 Å². The van der Waals surface area contributed by atoms with Crippen molar-refractivity contribution in [3.8, 4) is 11.5 Å². The van der Waals surface area contributed by atoms with Crippen molar-refractivity contribution in [1.29, 1.82) is 0 Å². The second kappa shape index (κ2) is 7.26. The van der Waals surface area contributed by atoms with Gasteiger partial charge in [0.1, 0.15) is 11.5 Å². The standard InChI is InChI=1S/C18H17N3O2/c22-18(11-14-21-13-4-12-19-21)20-15-7-9-17(10-8-15)23-16-5-2-1-3-6-16/h1-10,12-13H,11,14H2,(H,20,22). The molecule has 0 radical (unpaired) electrons. The molecule has 1 N–H and O–H groups in total. The third kappa shape index (κ3) is 4.44. The fourth-order valence-electron chi connectivity index (χ4n) is 2.10. The second-order valence-corrected chi connectivity index (χ2v) is 5.01. The average molecular weight is 307 g/mol. The minimum Gasteiger partial charge on any atom is -0.457 e. The Balaban J connectivity index is 1.51. The number of hydrogen-bond donors (Lipinski definition) is 1. The van der Waals surface area contributed by atoms with Crippen LogP contribution < -0.4 is 10.1 Å². The lowest BCUT2D eigenvalue weighted by Crippen LogP contribution is -2.14. The molecule has 5 heteroatoms. The Morgan fingerprint density at radius 2 is 1.74 bits per heavy atom. The summed E-state index contributed by atoms with van der Waals surface area (Å²) in [5.41, 5.74) is 0.746. The number of carbonyl (C=O) groups excluding carboxylic acids is 1. The molecule has 0 unspecified atom stereocenters. The molecule has 0 fully saturated rings. The molecule has 0 spiro atoms. The predicted octanol–water partition coefficient (Wildman–Crippen LogP) is 3.70. The summed E-state index contributed by atoms with van der Waals surface area (Å²) in [4.78, 5) is 11.9. The summed E-state index contributed by atoms with van der Waals surface area (Å²) in [7, 11) is 0. The molecule has 2 aromatic carbocycles. The fourth-order valence-corrected chi connectivity index (χ4v) is 2.10. The van der Waals surface area contributed by atoms with Crippen LogP contribution in [-0.2, 0) is 11.3 Å². The van der Waals surface area contributed by atoms with Gasteiger partial charge in [0, 0.05) is 31.0 Å². The largest absolute Gasteiger partial charge is 0.457 e. The number of ether oxygens (including phenoxy) is 1. The van der Waals surface area contributed by atoms with Crippen LogP contribution in [0.4, 0.5) is 5.69 Å². The van der Waals surface area contributed by atoms with Crippen LogP contribution in [0.15, 0.2) is 73.1 Å². The second-order valence-electron chi connectivity index (χ2n) is 5.01. The van der Waals surface area contributed by atoms with Gasteiger partial charge in [0.25, 0.3) is 0 Å². The summed E-state index contributed by atoms with van der Waals surface area (Å²) in [6.07, 6.45) is 3.91. The Kier molecular flexibility index (Phi) is 4.69. The lowest BCUT2D eigenvalue weighted by atomic mass is 10.3. The number of nitrogens with one attached hydrogen (secondary N) is 1. The molecule has 3 aromatic rings. The highest BCUT2D eigenvalue weighted by Crippen LogP contribution is 2.22. The molecule has 0 saturated carbocycles. The first-order valence-electron chi connectivity index (χ1n) is 7.40. The minimum absolute atomic E-state index is 0.0442. The van der Waals surface area contributed by atoms with Crippen LogP contribution in [0, 0.1) is 0 Å². The summed E-state index contributed by atoms with van der Waals surface area (Å²) in [6, 6.07) is 18.7. The van der Waals surface area contributed by atoms with Gasteiger partial charge in [-0.05, 0) is 42.5 Å². The molecule has 23 heavy (non-hydrogen) atoms. The number of carbonyl (C=O) groups is 1. The lowest BCUT2D eigenvalue weighted by Gasteiger charge is -2.08. The van der Waals surface area contributed by atoms with E-state index < -0.39 is 0 Å². The van der Waals surface area contributed by atoms with Gasteiger partial charge >= 0.3 is 0 Å². The van der Waals surface area contributed by atoms with Gasteiger partial charge in [-0.15, -0.1) is 0 Å². The molecule has 5 nitrogen and oxygen atoms in total. The van der Waals surface area contributed by atoms with Crippen LogP contribution in [0.5, 0.6) is 11.5 Å². The third-order valence-electron chi connectivity index (χ3n) is 3.24. The van der Waals surface area contributed by atoms with Crippen LogP contribution in [0.2, 0.25) is 0 Å². The SMILES string of the molecule is O=C(CCn1cccn1)Nc1ccc(Oc2ccccc2)cc1. The molecule has 0 bridgehead atoms. The summed E-state index contributed by atoms with van der Waals surface area (Å²) in [5, 5.41) is 6.93. The normalized spacial score (nSPS) is 10.3. The first-order valence-corrected chi connectivity index (χ1v) is 7.40. The summed E-state index contributed by atoms with van der Waals surface area (Å²) in [6.45, 7) is 0.564. The molecular formula is C18H17N3O2. The molecule has 3 rings (SSSR count). The van der Waals surface area contributed by atoms with Crippen molar-refractivity contribution >= 4 is 11.6 Å². The molecule has 1 aromatic heterocycles. The van der Waals surface area contributed by atoms with E-state index in [2.05, 4.69) is 10.4 Å². The highest BCUT2D eigenvalue weighted by atomic mass is 16.5. The van der Waals surface area contributed by atoms with Gasteiger partial charge in [-0.3, -0.25) is 9.48 Å². The van der Waals surface area contributed by atoms with Crippen LogP contribution in [0.3, 0.4) is 0 Å². The minimum atomic E-state index is -0.0442. The third-order valence-corrected chi connectivity index (χ3v) is 3.24. The molecule has 0 aliphatic carbocycles. The van der Waals surface area contributed by atoms with Gasteiger partial charge in [0.05, 0.1) is 0 Å². The first kappa shape index (κ1) is 14.8. The first-order chi connectivity index (χ1) is 11.3. The van der Waals surface area contributed by atoms with Crippen LogP contribution in [0.1, 0.15) is 6.42 Å². The molecule has 0 aliphatic rings. The Hall–Kier alpha value is -3.08. The number of anilines is 1. The summed E-state index contributed by atoms with van der Waals surface area (Å²) >= 11 is 0. The maximum absolute atomic E-state index is 11.9. The highest BCUT2D eigenvalue weighted by molar-refractivity contribution is 5.90. The maximum atomic E-state index is 11.9. The molecule has 1 amide bonds. The Morgan fingerprint density at radius 1 is 1.00 bits per heavy atom. The average Bonchev–Trinajstić information content (AvgIpc) is 3.09. The topological polar surface area (TPSA) is 56.2 Å². The molecular weight excluding hydrogens is 290 g/mol. The van der Waals surface area contributed by atoms with Gasteiger partial charge in [-0.25, -0.2) is 0 Å². The maximum Gasteiger partial charge on any atom is 0.226 e. The molecule has 116 valence electrons.